The number of amides is 3. The summed E-state index contributed by atoms with van der Waals surface area (Å²) in [6.07, 6.45) is 2.58. The topological polar surface area (TPSA) is 75.7 Å². The fourth-order valence-corrected chi connectivity index (χ4v) is 3.82. The number of ether oxygens (including phenoxy) is 1. The number of nitrogens with zero attached hydrogens (tertiary/aromatic N) is 1. The zero-order chi connectivity index (χ0) is 21.0. The molecule has 1 aliphatic rings. The molecule has 0 atom stereocenters. The molecule has 2 aromatic rings. The van der Waals surface area contributed by atoms with Gasteiger partial charge in [0.05, 0.1) is 17.0 Å². The van der Waals surface area contributed by atoms with E-state index in [2.05, 4.69) is 12.2 Å². The summed E-state index contributed by atoms with van der Waals surface area (Å²) in [7, 11) is 1.49. The fourth-order valence-electron chi connectivity index (χ4n) is 2.73. The van der Waals surface area contributed by atoms with Crippen molar-refractivity contribution in [3.8, 4) is 5.75 Å². The molecule has 1 heterocycles. The molecule has 0 bridgehead atoms. The summed E-state index contributed by atoms with van der Waals surface area (Å²) in [5.74, 6) is -0.503. The quantitative estimate of drug-likeness (QED) is 0.678. The summed E-state index contributed by atoms with van der Waals surface area (Å²) in [5, 5.41) is 2.49. The number of rotatable bonds is 6. The van der Waals surface area contributed by atoms with Crippen LogP contribution in [0.25, 0.3) is 6.08 Å². The highest BCUT2D eigenvalue weighted by Gasteiger charge is 2.36. The zero-order valence-corrected chi connectivity index (χ0v) is 17.5. The predicted octanol–water partition coefficient (Wildman–Crippen LogP) is 4.59. The van der Waals surface area contributed by atoms with Crippen molar-refractivity contribution in [1.82, 2.24) is 4.90 Å². The number of aryl methyl sites for hydroxylation is 1. The van der Waals surface area contributed by atoms with Crippen molar-refractivity contribution < 1.29 is 19.1 Å². The van der Waals surface area contributed by atoms with Crippen LogP contribution in [0.4, 0.5) is 10.5 Å². The van der Waals surface area contributed by atoms with E-state index in [0.717, 1.165) is 28.6 Å². The molecule has 3 rings (SSSR count). The van der Waals surface area contributed by atoms with Gasteiger partial charge in [-0.05, 0) is 53.6 Å². The molecule has 1 saturated heterocycles. The van der Waals surface area contributed by atoms with Crippen molar-refractivity contribution in [2.24, 2.45) is 0 Å². The number of hydrogen-bond donors (Lipinski definition) is 1. The lowest BCUT2D eigenvalue weighted by Crippen LogP contribution is -2.36. The average molecular weight is 431 g/mol. The summed E-state index contributed by atoms with van der Waals surface area (Å²) in [6, 6.07) is 12.5. The van der Waals surface area contributed by atoms with Crippen LogP contribution in [-0.4, -0.2) is 35.6 Å². The number of benzene rings is 2. The van der Waals surface area contributed by atoms with Crippen LogP contribution in [-0.2, 0) is 16.0 Å². The largest absolute Gasteiger partial charge is 0.495 e. The molecule has 6 nitrogen and oxygen atoms in total. The van der Waals surface area contributed by atoms with Gasteiger partial charge in [-0.3, -0.25) is 19.3 Å². The second kappa shape index (κ2) is 9.15. The Balaban J connectivity index is 1.67. The van der Waals surface area contributed by atoms with Gasteiger partial charge in [0.25, 0.3) is 11.1 Å². The lowest BCUT2D eigenvalue weighted by molar-refractivity contribution is -0.127. The van der Waals surface area contributed by atoms with Gasteiger partial charge in [0, 0.05) is 5.69 Å². The molecule has 1 fully saturated rings. The van der Waals surface area contributed by atoms with E-state index >= 15 is 0 Å². The molecule has 0 radical (unpaired) electrons. The van der Waals surface area contributed by atoms with E-state index < -0.39 is 17.1 Å². The van der Waals surface area contributed by atoms with E-state index in [1.54, 1.807) is 18.2 Å². The number of hydrogen-bond acceptors (Lipinski definition) is 5. The molecule has 3 amide bonds. The summed E-state index contributed by atoms with van der Waals surface area (Å²) < 4.78 is 5.06. The monoisotopic (exact) mass is 430 g/mol. The van der Waals surface area contributed by atoms with Gasteiger partial charge < -0.3 is 10.1 Å². The SMILES string of the molecule is CCc1ccc(/C=C2\SC(=O)N(CC(=O)Nc3ccc(OC)c(Cl)c3)C2=O)cc1. The normalized spacial score (nSPS) is 15.1. The highest BCUT2D eigenvalue weighted by Crippen LogP contribution is 2.32. The van der Waals surface area contributed by atoms with E-state index in [1.165, 1.54) is 18.7 Å². The average Bonchev–Trinajstić information content (AvgIpc) is 2.96. The Morgan fingerprint density at radius 2 is 1.93 bits per heavy atom. The molecule has 29 heavy (non-hydrogen) atoms. The first-order chi connectivity index (χ1) is 13.9. The van der Waals surface area contributed by atoms with Crippen LogP contribution in [0, 0.1) is 0 Å². The molecule has 0 aromatic heterocycles. The van der Waals surface area contributed by atoms with Gasteiger partial charge in [-0.15, -0.1) is 0 Å². The van der Waals surface area contributed by atoms with Gasteiger partial charge in [0.2, 0.25) is 5.91 Å². The van der Waals surface area contributed by atoms with Crippen molar-refractivity contribution in [1.29, 1.82) is 0 Å². The van der Waals surface area contributed by atoms with Crippen molar-refractivity contribution in [2.45, 2.75) is 13.3 Å². The first kappa shape index (κ1) is 21.0. The van der Waals surface area contributed by atoms with E-state index in [9.17, 15) is 14.4 Å². The van der Waals surface area contributed by atoms with Crippen LogP contribution >= 0.6 is 23.4 Å². The number of halogens is 1. The molecule has 0 aliphatic carbocycles. The molecule has 150 valence electrons. The Kier molecular flexibility index (Phi) is 6.61. The lowest BCUT2D eigenvalue weighted by atomic mass is 10.1. The van der Waals surface area contributed by atoms with Crippen LogP contribution < -0.4 is 10.1 Å². The maximum absolute atomic E-state index is 12.6. The maximum Gasteiger partial charge on any atom is 0.294 e. The Morgan fingerprint density at radius 1 is 1.21 bits per heavy atom. The standard InChI is InChI=1S/C21H19ClN2O4S/c1-3-13-4-6-14(7-5-13)10-18-20(26)24(21(27)29-18)12-19(25)23-15-8-9-17(28-2)16(22)11-15/h4-11H,3,12H2,1-2H3,(H,23,25)/b18-10-. The van der Waals surface area contributed by atoms with Crippen molar-refractivity contribution in [3.63, 3.8) is 0 Å². The minimum atomic E-state index is -0.498. The summed E-state index contributed by atoms with van der Waals surface area (Å²) in [5.41, 5.74) is 2.45. The predicted molar refractivity (Wildman–Crippen MR) is 115 cm³/mol. The summed E-state index contributed by atoms with van der Waals surface area (Å²) in [6.45, 7) is 1.69. The smallest absolute Gasteiger partial charge is 0.294 e. The van der Waals surface area contributed by atoms with Crippen LogP contribution in [0.3, 0.4) is 0 Å². The van der Waals surface area contributed by atoms with Gasteiger partial charge in [0.1, 0.15) is 12.3 Å². The van der Waals surface area contributed by atoms with Crippen molar-refractivity contribution >= 4 is 52.2 Å². The molecule has 0 saturated carbocycles. The molecule has 0 spiro atoms. The summed E-state index contributed by atoms with van der Waals surface area (Å²) in [4.78, 5) is 38.3. The minimum Gasteiger partial charge on any atom is -0.495 e. The molecular formula is C21H19ClN2O4S. The first-order valence-corrected chi connectivity index (χ1v) is 10.1. The van der Waals surface area contributed by atoms with E-state index in [0.29, 0.717) is 21.4 Å². The number of carbonyl (C=O) groups excluding carboxylic acids is 3. The van der Waals surface area contributed by atoms with Crippen LogP contribution in [0.1, 0.15) is 18.1 Å². The van der Waals surface area contributed by atoms with E-state index in [1.807, 2.05) is 24.3 Å². The van der Waals surface area contributed by atoms with Gasteiger partial charge in [-0.25, -0.2) is 0 Å². The number of anilines is 1. The number of nitrogens with one attached hydrogen (secondary N) is 1. The summed E-state index contributed by atoms with van der Waals surface area (Å²) >= 11 is 6.86. The van der Waals surface area contributed by atoms with Gasteiger partial charge >= 0.3 is 0 Å². The molecule has 1 N–H and O–H groups in total. The Bertz CT molecular complexity index is 989. The number of methoxy groups -OCH3 is 1. The molecule has 0 unspecified atom stereocenters. The highest BCUT2D eigenvalue weighted by atomic mass is 35.5. The molecule has 8 heteroatoms. The van der Waals surface area contributed by atoms with Gasteiger partial charge in [-0.1, -0.05) is 42.8 Å². The van der Waals surface area contributed by atoms with Gasteiger partial charge in [0.15, 0.2) is 0 Å². The van der Waals surface area contributed by atoms with Gasteiger partial charge in [-0.2, -0.15) is 0 Å². The van der Waals surface area contributed by atoms with Crippen LogP contribution in [0.15, 0.2) is 47.4 Å². The van der Waals surface area contributed by atoms with E-state index in [4.69, 9.17) is 16.3 Å². The zero-order valence-electron chi connectivity index (χ0n) is 15.9. The third-order valence-corrected chi connectivity index (χ3v) is 5.50. The fraction of sp³-hybridized carbons (Fsp3) is 0.190. The molecule has 1 aliphatic heterocycles. The Labute approximate surface area is 177 Å². The Hall–Kier alpha value is -2.77. The minimum absolute atomic E-state index is 0.291. The molecule has 2 aromatic carbocycles. The second-order valence-electron chi connectivity index (χ2n) is 6.26. The number of thioether (sulfide) groups is 1. The van der Waals surface area contributed by atoms with Crippen molar-refractivity contribution in [3.05, 3.63) is 63.5 Å². The van der Waals surface area contributed by atoms with Crippen LogP contribution in [0.5, 0.6) is 5.75 Å². The highest BCUT2D eigenvalue weighted by molar-refractivity contribution is 8.18. The third kappa shape index (κ3) is 4.99. The number of carbonyl (C=O) groups is 3. The van der Waals surface area contributed by atoms with Crippen LogP contribution in [0.2, 0.25) is 5.02 Å². The maximum atomic E-state index is 12.6. The molecular weight excluding hydrogens is 412 g/mol. The first-order valence-electron chi connectivity index (χ1n) is 8.89. The number of imide groups is 1. The third-order valence-electron chi connectivity index (χ3n) is 4.30. The lowest BCUT2D eigenvalue weighted by Gasteiger charge is -2.13. The van der Waals surface area contributed by atoms with E-state index in [-0.39, 0.29) is 6.54 Å². The Morgan fingerprint density at radius 3 is 2.55 bits per heavy atom. The second-order valence-corrected chi connectivity index (χ2v) is 7.66. The van der Waals surface area contributed by atoms with Crippen molar-refractivity contribution in [2.75, 3.05) is 19.0 Å².